The number of alkyl halides is 3. The Bertz CT molecular complexity index is 924. The van der Waals surface area contributed by atoms with Gasteiger partial charge in [-0.1, -0.05) is 12.1 Å². The molecule has 2 aromatic carbocycles. The zero-order chi connectivity index (χ0) is 18.2. The summed E-state index contributed by atoms with van der Waals surface area (Å²) in [6.45, 7) is 0. The number of aromatic hydroxyl groups is 1. The SMILES string of the molecule is Nc1c(-c2ccc(O)cc2)cnnc1-c1ccc(C(F)(F)F)cc1F. The van der Waals surface area contributed by atoms with Gasteiger partial charge in [0.05, 0.1) is 17.4 Å². The summed E-state index contributed by atoms with van der Waals surface area (Å²) in [6, 6.07) is 8.15. The van der Waals surface area contributed by atoms with Crippen LogP contribution in [0.4, 0.5) is 23.2 Å². The Morgan fingerprint density at radius 3 is 2.24 bits per heavy atom. The Morgan fingerprint density at radius 1 is 0.960 bits per heavy atom. The topological polar surface area (TPSA) is 72.0 Å². The van der Waals surface area contributed by atoms with Gasteiger partial charge in [0.2, 0.25) is 0 Å². The van der Waals surface area contributed by atoms with E-state index in [9.17, 15) is 22.7 Å². The summed E-state index contributed by atoms with van der Waals surface area (Å²) >= 11 is 0. The summed E-state index contributed by atoms with van der Waals surface area (Å²) in [7, 11) is 0. The lowest BCUT2D eigenvalue weighted by Gasteiger charge is -2.12. The van der Waals surface area contributed by atoms with Crippen molar-refractivity contribution in [1.29, 1.82) is 0 Å². The zero-order valence-corrected chi connectivity index (χ0v) is 12.5. The van der Waals surface area contributed by atoms with Crippen LogP contribution in [0.5, 0.6) is 5.75 Å². The van der Waals surface area contributed by atoms with Crippen LogP contribution in [-0.2, 0) is 6.18 Å². The molecule has 0 aliphatic heterocycles. The van der Waals surface area contributed by atoms with E-state index in [0.29, 0.717) is 17.2 Å². The molecule has 0 unspecified atom stereocenters. The molecule has 0 radical (unpaired) electrons. The number of nitrogens with zero attached hydrogens (tertiary/aromatic N) is 2. The summed E-state index contributed by atoms with van der Waals surface area (Å²) in [5.74, 6) is -1.04. The maximum Gasteiger partial charge on any atom is 0.416 e. The van der Waals surface area contributed by atoms with Crippen LogP contribution in [0.3, 0.4) is 0 Å². The number of aromatic nitrogens is 2. The highest BCUT2D eigenvalue weighted by Gasteiger charge is 2.31. The van der Waals surface area contributed by atoms with Gasteiger partial charge in [0.25, 0.3) is 0 Å². The molecule has 0 aliphatic carbocycles. The van der Waals surface area contributed by atoms with Crippen LogP contribution < -0.4 is 5.73 Å². The first-order valence-electron chi connectivity index (χ1n) is 7.05. The molecule has 8 heteroatoms. The molecule has 0 atom stereocenters. The summed E-state index contributed by atoms with van der Waals surface area (Å²) in [5.41, 5.74) is 5.77. The molecule has 4 nitrogen and oxygen atoms in total. The van der Waals surface area contributed by atoms with E-state index in [-0.39, 0.29) is 22.7 Å². The second-order valence-corrected chi connectivity index (χ2v) is 5.26. The molecule has 0 amide bonds. The summed E-state index contributed by atoms with van der Waals surface area (Å²) in [4.78, 5) is 0. The normalized spacial score (nSPS) is 11.5. The Labute approximate surface area is 139 Å². The number of nitrogens with two attached hydrogens (primary N) is 1. The van der Waals surface area contributed by atoms with Gasteiger partial charge in [-0.25, -0.2) is 4.39 Å². The fourth-order valence-electron chi connectivity index (χ4n) is 2.35. The minimum atomic E-state index is -4.65. The van der Waals surface area contributed by atoms with E-state index in [1.807, 2.05) is 0 Å². The number of phenols is 1. The van der Waals surface area contributed by atoms with Crippen molar-refractivity contribution in [3.63, 3.8) is 0 Å². The lowest BCUT2D eigenvalue weighted by atomic mass is 10.0. The molecule has 0 spiro atoms. The van der Waals surface area contributed by atoms with E-state index in [0.717, 1.165) is 12.1 Å². The van der Waals surface area contributed by atoms with E-state index in [1.165, 1.54) is 18.3 Å². The first-order valence-corrected chi connectivity index (χ1v) is 7.05. The van der Waals surface area contributed by atoms with E-state index < -0.39 is 17.6 Å². The van der Waals surface area contributed by atoms with Crippen LogP contribution in [0.1, 0.15) is 5.56 Å². The maximum atomic E-state index is 14.2. The molecule has 128 valence electrons. The van der Waals surface area contributed by atoms with Crippen LogP contribution in [0.2, 0.25) is 0 Å². The van der Waals surface area contributed by atoms with Crippen molar-refractivity contribution in [1.82, 2.24) is 10.2 Å². The molecule has 3 N–H and O–H groups in total. The third-order valence-corrected chi connectivity index (χ3v) is 3.62. The number of nitrogen functional groups attached to an aromatic ring is 1. The van der Waals surface area contributed by atoms with E-state index in [2.05, 4.69) is 10.2 Å². The van der Waals surface area contributed by atoms with Crippen LogP contribution in [0.15, 0.2) is 48.7 Å². The Kier molecular flexibility index (Phi) is 4.03. The molecule has 1 heterocycles. The molecular weight excluding hydrogens is 338 g/mol. The summed E-state index contributed by atoms with van der Waals surface area (Å²) in [6.07, 6.45) is -3.29. The third-order valence-electron chi connectivity index (χ3n) is 3.62. The maximum absolute atomic E-state index is 14.2. The predicted molar refractivity (Wildman–Crippen MR) is 83.9 cm³/mol. The van der Waals surface area contributed by atoms with Crippen LogP contribution in [-0.4, -0.2) is 15.3 Å². The monoisotopic (exact) mass is 349 g/mol. The van der Waals surface area contributed by atoms with Crippen LogP contribution in [0, 0.1) is 5.82 Å². The first-order chi connectivity index (χ1) is 11.8. The van der Waals surface area contributed by atoms with Gasteiger partial charge in [-0.3, -0.25) is 0 Å². The van der Waals surface area contributed by atoms with Crippen molar-refractivity contribution in [3.05, 3.63) is 60.0 Å². The largest absolute Gasteiger partial charge is 0.508 e. The van der Waals surface area contributed by atoms with Crippen molar-refractivity contribution in [2.24, 2.45) is 0 Å². The lowest BCUT2D eigenvalue weighted by Crippen LogP contribution is -2.06. The Balaban J connectivity index is 2.10. The van der Waals surface area contributed by atoms with E-state index in [4.69, 9.17) is 5.73 Å². The fraction of sp³-hybridized carbons (Fsp3) is 0.0588. The van der Waals surface area contributed by atoms with E-state index in [1.54, 1.807) is 12.1 Å². The quantitative estimate of drug-likeness (QED) is 0.678. The van der Waals surface area contributed by atoms with Gasteiger partial charge in [-0.2, -0.15) is 18.3 Å². The number of phenolic OH excluding ortho intramolecular Hbond substituents is 1. The number of hydrogen-bond acceptors (Lipinski definition) is 4. The molecule has 3 rings (SSSR count). The summed E-state index contributed by atoms with van der Waals surface area (Å²) < 4.78 is 52.2. The Hall–Kier alpha value is -3.16. The molecule has 0 aliphatic rings. The van der Waals surface area contributed by atoms with Crippen molar-refractivity contribution in [3.8, 4) is 28.1 Å². The van der Waals surface area contributed by atoms with Gasteiger partial charge in [-0.05, 0) is 35.9 Å². The molecule has 25 heavy (non-hydrogen) atoms. The molecular formula is C17H11F4N3O. The number of rotatable bonds is 2. The van der Waals surface area contributed by atoms with Crippen molar-refractivity contribution in [2.75, 3.05) is 5.73 Å². The molecule has 0 bridgehead atoms. The summed E-state index contributed by atoms with van der Waals surface area (Å²) in [5, 5.41) is 16.8. The molecule has 1 aromatic heterocycles. The van der Waals surface area contributed by atoms with Gasteiger partial charge in [0.15, 0.2) is 0 Å². The standard InChI is InChI=1S/C17H11F4N3O/c18-14-7-10(17(19,20)21)3-6-12(14)16-15(22)13(8-23-24-16)9-1-4-11(25)5-2-9/h1-8,25H,(H2,22,23). The molecule has 0 fully saturated rings. The van der Waals surface area contributed by atoms with Gasteiger partial charge in [0.1, 0.15) is 17.3 Å². The zero-order valence-electron chi connectivity index (χ0n) is 12.5. The fourth-order valence-corrected chi connectivity index (χ4v) is 2.35. The average molecular weight is 349 g/mol. The highest BCUT2D eigenvalue weighted by Crippen LogP contribution is 2.36. The van der Waals surface area contributed by atoms with Crippen LogP contribution in [0.25, 0.3) is 22.4 Å². The molecule has 3 aromatic rings. The van der Waals surface area contributed by atoms with Gasteiger partial charge in [-0.15, -0.1) is 5.10 Å². The second-order valence-electron chi connectivity index (χ2n) is 5.26. The highest BCUT2D eigenvalue weighted by molar-refractivity contribution is 5.86. The van der Waals surface area contributed by atoms with Gasteiger partial charge >= 0.3 is 6.18 Å². The van der Waals surface area contributed by atoms with Gasteiger partial charge < -0.3 is 10.8 Å². The van der Waals surface area contributed by atoms with Crippen molar-refractivity contribution >= 4 is 5.69 Å². The smallest absolute Gasteiger partial charge is 0.416 e. The number of benzene rings is 2. The average Bonchev–Trinajstić information content (AvgIpc) is 2.55. The van der Waals surface area contributed by atoms with Crippen LogP contribution >= 0.6 is 0 Å². The van der Waals surface area contributed by atoms with Gasteiger partial charge in [0, 0.05) is 11.1 Å². The third kappa shape index (κ3) is 3.23. The van der Waals surface area contributed by atoms with Crippen molar-refractivity contribution in [2.45, 2.75) is 6.18 Å². The Morgan fingerprint density at radius 2 is 1.64 bits per heavy atom. The minimum absolute atomic E-state index is 0.0540. The minimum Gasteiger partial charge on any atom is -0.508 e. The molecule has 0 saturated carbocycles. The molecule has 0 saturated heterocycles. The highest BCUT2D eigenvalue weighted by atomic mass is 19.4. The number of hydrogen-bond donors (Lipinski definition) is 2. The predicted octanol–water partition coefficient (Wildman–Crippen LogP) is 4.26. The first kappa shape index (κ1) is 16.7. The van der Waals surface area contributed by atoms with Crippen molar-refractivity contribution < 1.29 is 22.7 Å². The number of halogens is 4. The van der Waals surface area contributed by atoms with E-state index >= 15 is 0 Å². The second kappa shape index (κ2) is 6.04. The number of anilines is 1. The lowest BCUT2D eigenvalue weighted by molar-refractivity contribution is -0.137.